The Morgan fingerprint density at radius 1 is 0.977 bits per heavy atom. The average molecular weight is 614 g/mol. The molecule has 0 aliphatic heterocycles. The summed E-state index contributed by atoms with van der Waals surface area (Å²) in [5.41, 5.74) is 1.76. The lowest BCUT2D eigenvalue weighted by molar-refractivity contribution is -0.127. The van der Waals surface area contributed by atoms with Crippen LogP contribution in [0.25, 0.3) is 21.5 Å². The molecule has 2 atom stereocenters. The van der Waals surface area contributed by atoms with E-state index in [1.165, 1.54) is 6.42 Å². The number of amides is 1. The van der Waals surface area contributed by atoms with E-state index in [9.17, 15) is 13.2 Å². The van der Waals surface area contributed by atoms with Crippen molar-refractivity contribution < 1.29 is 13.2 Å². The molecule has 222 valence electrons. The van der Waals surface area contributed by atoms with Gasteiger partial charge in [-0.1, -0.05) is 49.6 Å². The number of hydrogen-bond acceptors (Lipinski definition) is 6. The molecular weight excluding hydrogens is 579 g/mol. The molecule has 6 rings (SSSR count). The number of benzene rings is 1. The van der Waals surface area contributed by atoms with Gasteiger partial charge in [0.1, 0.15) is 9.75 Å². The van der Waals surface area contributed by atoms with Crippen LogP contribution < -0.4 is 10.0 Å². The summed E-state index contributed by atoms with van der Waals surface area (Å²) in [4.78, 5) is 27.4. The summed E-state index contributed by atoms with van der Waals surface area (Å²) < 4.78 is 30.8. The largest absolute Gasteiger partial charge is 0.361 e. The summed E-state index contributed by atoms with van der Waals surface area (Å²) in [6.45, 7) is 1.67. The fraction of sp³-hybridized carbons (Fsp3) is 0.303. The van der Waals surface area contributed by atoms with E-state index in [0.29, 0.717) is 5.69 Å². The molecule has 3 N–H and O–H groups in total. The van der Waals surface area contributed by atoms with Crippen LogP contribution in [0.4, 0.5) is 0 Å². The SMILES string of the molecule is CC(Cc1c[nH]c2ccccc12)(NS(=O)(=O)c1ccc(-c2ccccn2)s1)C(=O)NC(c1ccccn1)C1CCCCC1. The Labute approximate surface area is 256 Å². The molecule has 1 aliphatic carbocycles. The number of rotatable bonds is 10. The van der Waals surface area contributed by atoms with Crippen molar-refractivity contribution >= 4 is 38.2 Å². The number of fused-ring (bicyclic) bond motifs is 1. The molecule has 1 aromatic carbocycles. The van der Waals surface area contributed by atoms with E-state index in [-0.39, 0.29) is 28.5 Å². The average Bonchev–Trinajstić information content (AvgIpc) is 3.70. The predicted octanol–water partition coefficient (Wildman–Crippen LogP) is 6.40. The van der Waals surface area contributed by atoms with Gasteiger partial charge in [-0.2, -0.15) is 4.72 Å². The smallest absolute Gasteiger partial charge is 0.251 e. The van der Waals surface area contributed by atoms with Gasteiger partial charge in [0.25, 0.3) is 10.0 Å². The Balaban J connectivity index is 1.35. The number of carbonyl (C=O) groups is 1. The van der Waals surface area contributed by atoms with Crippen molar-refractivity contribution in [3.05, 3.63) is 103 Å². The van der Waals surface area contributed by atoms with Crippen molar-refractivity contribution in [3.8, 4) is 10.6 Å². The second kappa shape index (κ2) is 12.4. The lowest BCUT2D eigenvalue weighted by Gasteiger charge is -2.35. The van der Waals surface area contributed by atoms with Crippen LogP contribution in [0.3, 0.4) is 0 Å². The lowest BCUT2D eigenvalue weighted by Crippen LogP contribution is -2.59. The van der Waals surface area contributed by atoms with E-state index in [0.717, 1.165) is 64.1 Å². The molecule has 4 heterocycles. The third kappa shape index (κ3) is 6.41. The minimum atomic E-state index is -4.08. The first-order valence-electron chi connectivity index (χ1n) is 14.6. The number of nitrogens with zero attached hydrogens (tertiary/aromatic N) is 2. The highest BCUT2D eigenvalue weighted by Crippen LogP contribution is 2.35. The molecule has 10 heteroatoms. The number of pyridine rings is 2. The molecule has 2 unspecified atom stereocenters. The fourth-order valence-corrected chi connectivity index (χ4v) is 8.69. The fourth-order valence-electron chi connectivity index (χ4n) is 6.04. The summed E-state index contributed by atoms with van der Waals surface area (Å²) in [6.07, 6.45) is 10.8. The van der Waals surface area contributed by atoms with Crippen molar-refractivity contribution in [2.75, 3.05) is 0 Å². The molecule has 1 amide bonds. The first-order chi connectivity index (χ1) is 20.8. The molecule has 0 spiro atoms. The Hall–Kier alpha value is -3.86. The minimum absolute atomic E-state index is 0.125. The summed E-state index contributed by atoms with van der Waals surface area (Å²) in [7, 11) is -4.08. The van der Waals surface area contributed by atoms with Gasteiger partial charge < -0.3 is 10.3 Å². The highest BCUT2D eigenvalue weighted by atomic mass is 32.2. The highest BCUT2D eigenvalue weighted by Gasteiger charge is 2.41. The Morgan fingerprint density at radius 3 is 2.47 bits per heavy atom. The van der Waals surface area contributed by atoms with Crippen molar-refractivity contribution in [1.82, 2.24) is 25.0 Å². The van der Waals surface area contributed by atoms with Gasteiger partial charge in [-0.3, -0.25) is 14.8 Å². The monoisotopic (exact) mass is 613 g/mol. The van der Waals surface area contributed by atoms with Crippen LogP contribution in [0.5, 0.6) is 0 Å². The quantitative estimate of drug-likeness (QED) is 0.168. The molecule has 8 nitrogen and oxygen atoms in total. The third-order valence-electron chi connectivity index (χ3n) is 8.26. The van der Waals surface area contributed by atoms with Crippen molar-refractivity contribution in [1.29, 1.82) is 0 Å². The van der Waals surface area contributed by atoms with E-state index >= 15 is 0 Å². The first-order valence-corrected chi connectivity index (χ1v) is 16.9. The van der Waals surface area contributed by atoms with Crippen LogP contribution in [0, 0.1) is 5.92 Å². The highest BCUT2D eigenvalue weighted by molar-refractivity contribution is 7.91. The van der Waals surface area contributed by atoms with Gasteiger partial charge in [-0.15, -0.1) is 11.3 Å². The second-order valence-corrected chi connectivity index (χ2v) is 14.4. The van der Waals surface area contributed by atoms with Crippen molar-refractivity contribution in [2.45, 2.75) is 61.2 Å². The molecule has 43 heavy (non-hydrogen) atoms. The van der Waals surface area contributed by atoms with Gasteiger partial charge in [0.15, 0.2) is 0 Å². The summed E-state index contributed by atoms with van der Waals surface area (Å²) in [5, 5.41) is 4.21. The molecule has 1 saturated carbocycles. The standard InChI is InChI=1S/C33H35N5O3S2/c1-33(21-24-22-36-26-14-6-5-13-25(24)26,38-43(40,41)30-18-17-29(42-30)27-15-7-9-19-34-27)32(39)37-31(23-11-3-2-4-12-23)28-16-8-10-20-35-28/h5-10,13-20,22-23,31,36,38H,2-4,11-12,21H2,1H3,(H,37,39). The zero-order chi connectivity index (χ0) is 29.9. The van der Waals surface area contributed by atoms with E-state index in [1.807, 2.05) is 66.9 Å². The van der Waals surface area contributed by atoms with Gasteiger partial charge >= 0.3 is 0 Å². The van der Waals surface area contributed by atoms with Crippen molar-refractivity contribution in [2.24, 2.45) is 5.92 Å². The normalized spacial score (nSPS) is 16.5. The second-order valence-electron chi connectivity index (χ2n) is 11.4. The van der Waals surface area contributed by atoms with Crippen LogP contribution in [0.2, 0.25) is 0 Å². The summed E-state index contributed by atoms with van der Waals surface area (Å²) in [5.74, 6) is -0.163. The van der Waals surface area contributed by atoms with Crippen LogP contribution in [-0.4, -0.2) is 34.8 Å². The zero-order valence-corrected chi connectivity index (χ0v) is 25.6. The third-order valence-corrected chi connectivity index (χ3v) is 11.5. The number of thiophene rings is 1. The van der Waals surface area contributed by atoms with Gasteiger partial charge in [-0.25, -0.2) is 8.42 Å². The number of carbonyl (C=O) groups excluding carboxylic acids is 1. The van der Waals surface area contributed by atoms with E-state index in [1.54, 1.807) is 31.5 Å². The summed E-state index contributed by atoms with van der Waals surface area (Å²) in [6, 6.07) is 22.1. The Morgan fingerprint density at radius 2 is 1.72 bits per heavy atom. The summed E-state index contributed by atoms with van der Waals surface area (Å²) >= 11 is 1.13. The van der Waals surface area contributed by atoms with Crippen molar-refractivity contribution in [3.63, 3.8) is 0 Å². The maximum atomic E-state index is 14.4. The molecule has 5 aromatic rings. The van der Waals surface area contributed by atoms with Gasteiger partial charge in [0.05, 0.1) is 22.3 Å². The Kier molecular flexibility index (Phi) is 8.43. The molecular formula is C33H35N5O3S2. The molecule has 0 saturated heterocycles. The van der Waals surface area contributed by atoms with Crippen LogP contribution in [0.1, 0.15) is 56.3 Å². The number of hydrogen-bond donors (Lipinski definition) is 3. The minimum Gasteiger partial charge on any atom is -0.361 e. The van der Waals surface area contributed by atoms with E-state index < -0.39 is 15.6 Å². The van der Waals surface area contributed by atoms with Crippen LogP contribution in [-0.2, 0) is 21.2 Å². The number of nitrogens with one attached hydrogen (secondary N) is 3. The maximum absolute atomic E-state index is 14.4. The molecule has 0 bridgehead atoms. The maximum Gasteiger partial charge on any atom is 0.251 e. The van der Waals surface area contributed by atoms with Crippen LogP contribution in [0.15, 0.2) is 95.6 Å². The predicted molar refractivity (Wildman–Crippen MR) is 170 cm³/mol. The number of para-hydroxylation sites is 1. The van der Waals surface area contributed by atoms with E-state index in [4.69, 9.17) is 0 Å². The number of aromatic amines is 1. The number of H-pyrrole nitrogens is 1. The first kappa shape index (κ1) is 29.2. The van der Waals surface area contributed by atoms with Crippen LogP contribution >= 0.6 is 11.3 Å². The molecule has 1 aliphatic rings. The topological polar surface area (TPSA) is 117 Å². The van der Waals surface area contributed by atoms with Gasteiger partial charge in [0, 0.05) is 35.9 Å². The Bertz CT molecular complexity index is 1800. The lowest BCUT2D eigenvalue weighted by atomic mass is 9.82. The van der Waals surface area contributed by atoms with Gasteiger partial charge in [-0.05, 0) is 73.7 Å². The van der Waals surface area contributed by atoms with Gasteiger partial charge in [0.2, 0.25) is 5.91 Å². The van der Waals surface area contributed by atoms with E-state index in [2.05, 4.69) is 25.0 Å². The molecule has 0 radical (unpaired) electrons. The molecule has 1 fully saturated rings. The zero-order valence-electron chi connectivity index (χ0n) is 24.0. The molecule has 4 aromatic heterocycles. The number of aromatic nitrogens is 3. The number of sulfonamides is 1.